The Labute approximate surface area is 96.5 Å². The molecule has 1 N–H and O–H groups in total. The number of carbonyl (C=O) groups is 2. The zero-order chi connectivity index (χ0) is 12.3. The minimum Gasteiger partial charge on any atom is -0.493 e. The largest absolute Gasteiger partial charge is 0.493 e. The molecule has 0 heterocycles. The summed E-state index contributed by atoms with van der Waals surface area (Å²) in [5.74, 6) is -1.94. The summed E-state index contributed by atoms with van der Waals surface area (Å²) in [5, 5.41) is 9.10. The van der Waals surface area contributed by atoms with Gasteiger partial charge in [0.05, 0.1) is 7.11 Å². The lowest BCUT2D eigenvalue weighted by atomic mass is 10.2. The Hall–Kier alpha value is -1.75. The molecule has 0 spiro atoms. The zero-order valence-electron chi connectivity index (χ0n) is 8.61. The summed E-state index contributed by atoms with van der Waals surface area (Å²) >= 11 is 5.70. The van der Waals surface area contributed by atoms with Gasteiger partial charge in [-0.2, -0.15) is 0 Å². The third kappa shape index (κ3) is 2.64. The fraction of sp³-hybridized carbons (Fsp3) is 0.200. The maximum absolute atomic E-state index is 10.9. The van der Waals surface area contributed by atoms with Crippen molar-refractivity contribution in [2.75, 3.05) is 7.11 Å². The van der Waals surface area contributed by atoms with Gasteiger partial charge in [0, 0.05) is 18.0 Å². The highest BCUT2D eigenvalue weighted by atomic mass is 35.5. The molecule has 1 aromatic carbocycles. The minimum atomic E-state index is -1.25. The molecule has 0 bridgehead atoms. The predicted octanol–water partition coefficient (Wildman–Crippen LogP) is 1.97. The SMILES string of the molecule is COc1cc(Cl)cc(C(=O)O)c1OC(C)=O. The molecule has 6 heteroatoms. The third-order valence-electron chi connectivity index (χ3n) is 1.72. The van der Waals surface area contributed by atoms with Gasteiger partial charge in [-0.15, -0.1) is 0 Å². The van der Waals surface area contributed by atoms with E-state index >= 15 is 0 Å². The first-order valence-electron chi connectivity index (χ1n) is 4.25. The van der Waals surface area contributed by atoms with Gasteiger partial charge >= 0.3 is 11.9 Å². The number of hydrogen-bond acceptors (Lipinski definition) is 4. The van der Waals surface area contributed by atoms with Gasteiger partial charge in [-0.25, -0.2) is 4.79 Å². The molecule has 1 rings (SSSR count). The van der Waals surface area contributed by atoms with Crippen molar-refractivity contribution in [3.05, 3.63) is 22.7 Å². The van der Waals surface area contributed by atoms with Gasteiger partial charge in [0.1, 0.15) is 5.56 Å². The van der Waals surface area contributed by atoms with Crippen molar-refractivity contribution in [1.29, 1.82) is 0 Å². The molecule has 0 aromatic heterocycles. The van der Waals surface area contributed by atoms with Crippen molar-refractivity contribution in [3.63, 3.8) is 0 Å². The molecule has 86 valence electrons. The van der Waals surface area contributed by atoms with E-state index in [9.17, 15) is 9.59 Å². The second-order valence-corrected chi connectivity index (χ2v) is 3.32. The molecular weight excluding hydrogens is 236 g/mol. The number of ether oxygens (including phenoxy) is 2. The first-order chi connectivity index (χ1) is 7.45. The Balaban J connectivity index is 3.38. The molecule has 16 heavy (non-hydrogen) atoms. The predicted molar refractivity (Wildman–Crippen MR) is 56.3 cm³/mol. The lowest BCUT2D eigenvalue weighted by Crippen LogP contribution is -2.08. The van der Waals surface area contributed by atoms with E-state index in [1.54, 1.807) is 0 Å². The van der Waals surface area contributed by atoms with E-state index < -0.39 is 11.9 Å². The third-order valence-corrected chi connectivity index (χ3v) is 1.93. The average molecular weight is 245 g/mol. The first kappa shape index (κ1) is 12.3. The number of hydrogen-bond donors (Lipinski definition) is 1. The standard InChI is InChI=1S/C10H9ClO5/c1-5(12)16-9-7(10(13)14)3-6(11)4-8(9)15-2/h3-4H,1-2H3,(H,13,14). The van der Waals surface area contributed by atoms with Gasteiger partial charge in [-0.1, -0.05) is 11.6 Å². The Kier molecular flexibility index (Phi) is 3.73. The highest BCUT2D eigenvalue weighted by Crippen LogP contribution is 2.34. The number of esters is 1. The fourth-order valence-corrected chi connectivity index (χ4v) is 1.34. The molecule has 0 fully saturated rings. The zero-order valence-corrected chi connectivity index (χ0v) is 9.37. The van der Waals surface area contributed by atoms with E-state index in [-0.39, 0.29) is 22.1 Å². The smallest absolute Gasteiger partial charge is 0.339 e. The number of halogens is 1. The van der Waals surface area contributed by atoms with Crippen LogP contribution in [0.1, 0.15) is 17.3 Å². The number of methoxy groups -OCH3 is 1. The van der Waals surface area contributed by atoms with Crippen molar-refractivity contribution in [3.8, 4) is 11.5 Å². The lowest BCUT2D eigenvalue weighted by molar-refractivity contribution is -0.132. The Morgan fingerprint density at radius 1 is 1.38 bits per heavy atom. The molecule has 0 amide bonds. The van der Waals surface area contributed by atoms with Gasteiger partial charge in [-0.05, 0) is 6.07 Å². The number of rotatable bonds is 3. The van der Waals surface area contributed by atoms with Gasteiger partial charge in [0.2, 0.25) is 0 Å². The van der Waals surface area contributed by atoms with Crippen LogP contribution in [0.15, 0.2) is 12.1 Å². The number of carbonyl (C=O) groups excluding carboxylic acids is 1. The second kappa shape index (κ2) is 4.85. The summed E-state index contributed by atoms with van der Waals surface area (Å²) < 4.78 is 9.67. The molecule has 0 unspecified atom stereocenters. The minimum absolute atomic E-state index is 0.0973. The summed E-state index contributed by atoms with van der Waals surface area (Å²) in [6.45, 7) is 1.17. The number of benzene rings is 1. The first-order valence-corrected chi connectivity index (χ1v) is 4.62. The van der Waals surface area contributed by atoms with Crippen LogP contribution in [-0.4, -0.2) is 24.2 Å². The summed E-state index contributed by atoms with van der Waals surface area (Å²) in [5.41, 5.74) is -0.223. The maximum atomic E-state index is 10.9. The molecule has 0 atom stereocenters. The van der Waals surface area contributed by atoms with Crippen molar-refractivity contribution < 1.29 is 24.2 Å². The molecule has 0 radical (unpaired) electrons. The molecule has 0 saturated heterocycles. The fourth-order valence-electron chi connectivity index (χ4n) is 1.13. The number of carboxylic acid groups (broad SMARTS) is 1. The molecule has 0 aliphatic heterocycles. The van der Waals surface area contributed by atoms with Gasteiger partial charge in [0.15, 0.2) is 11.5 Å². The Morgan fingerprint density at radius 3 is 2.44 bits per heavy atom. The quantitative estimate of drug-likeness (QED) is 0.650. The Morgan fingerprint density at radius 2 is 2.00 bits per heavy atom. The molecule has 0 aliphatic rings. The summed E-state index contributed by atoms with van der Waals surface area (Å²) in [6, 6.07) is 2.55. The molecule has 0 aliphatic carbocycles. The highest BCUT2D eigenvalue weighted by Gasteiger charge is 2.19. The monoisotopic (exact) mass is 244 g/mol. The summed E-state index contributed by atoms with van der Waals surface area (Å²) in [7, 11) is 1.32. The van der Waals surface area contributed by atoms with Crippen LogP contribution in [0.25, 0.3) is 0 Å². The second-order valence-electron chi connectivity index (χ2n) is 2.88. The number of carboxylic acids is 1. The van der Waals surface area contributed by atoms with Crippen LogP contribution in [0.2, 0.25) is 5.02 Å². The van der Waals surface area contributed by atoms with Crippen molar-refractivity contribution in [1.82, 2.24) is 0 Å². The van der Waals surface area contributed by atoms with Crippen LogP contribution in [0.5, 0.6) is 11.5 Å². The van der Waals surface area contributed by atoms with Crippen LogP contribution in [0.3, 0.4) is 0 Å². The number of aromatic carboxylic acids is 1. The normalized spacial score (nSPS) is 9.69. The van der Waals surface area contributed by atoms with Crippen LogP contribution in [0, 0.1) is 0 Å². The van der Waals surface area contributed by atoms with E-state index in [0.717, 1.165) is 0 Å². The van der Waals surface area contributed by atoms with Gasteiger partial charge < -0.3 is 14.6 Å². The molecule has 0 saturated carbocycles. The molecular formula is C10H9ClO5. The van der Waals surface area contributed by atoms with Crippen molar-refractivity contribution in [2.45, 2.75) is 6.92 Å². The van der Waals surface area contributed by atoms with E-state index in [1.165, 1.54) is 26.2 Å². The van der Waals surface area contributed by atoms with E-state index in [0.29, 0.717) is 0 Å². The van der Waals surface area contributed by atoms with Gasteiger partial charge in [-0.3, -0.25) is 4.79 Å². The highest BCUT2D eigenvalue weighted by molar-refractivity contribution is 6.31. The topological polar surface area (TPSA) is 72.8 Å². The van der Waals surface area contributed by atoms with E-state index in [4.69, 9.17) is 26.2 Å². The lowest BCUT2D eigenvalue weighted by Gasteiger charge is -2.11. The Bertz CT molecular complexity index is 441. The van der Waals surface area contributed by atoms with Crippen molar-refractivity contribution in [2.24, 2.45) is 0 Å². The summed E-state index contributed by atoms with van der Waals surface area (Å²) in [4.78, 5) is 21.8. The van der Waals surface area contributed by atoms with E-state index in [1.807, 2.05) is 0 Å². The average Bonchev–Trinajstić information content (AvgIpc) is 2.19. The van der Waals surface area contributed by atoms with Crippen molar-refractivity contribution >= 4 is 23.5 Å². The van der Waals surface area contributed by atoms with E-state index in [2.05, 4.69) is 0 Å². The van der Waals surface area contributed by atoms with Gasteiger partial charge in [0.25, 0.3) is 0 Å². The maximum Gasteiger partial charge on any atom is 0.339 e. The van der Waals surface area contributed by atoms with Crippen LogP contribution < -0.4 is 9.47 Å². The van der Waals surface area contributed by atoms with Crippen LogP contribution in [-0.2, 0) is 4.79 Å². The molecule has 1 aromatic rings. The van der Waals surface area contributed by atoms with Crippen LogP contribution in [0.4, 0.5) is 0 Å². The summed E-state index contributed by atoms with van der Waals surface area (Å²) in [6.07, 6.45) is 0. The molecule has 5 nitrogen and oxygen atoms in total. The van der Waals surface area contributed by atoms with Crippen LogP contribution >= 0.6 is 11.6 Å².